The molecular formula is C10H17N. The fourth-order valence-electron chi connectivity index (χ4n) is 0.654. The predicted molar refractivity (Wildman–Crippen MR) is 51.4 cm³/mol. The van der Waals surface area contributed by atoms with Gasteiger partial charge in [-0.3, -0.25) is 0 Å². The topological polar surface area (TPSA) is 12.0 Å². The smallest absolute Gasteiger partial charge is 0.0327 e. The van der Waals surface area contributed by atoms with E-state index in [1.165, 1.54) is 6.42 Å². The summed E-state index contributed by atoms with van der Waals surface area (Å²) in [6.07, 6.45) is 8.25. The Morgan fingerprint density at radius 3 is 2.82 bits per heavy atom. The molecule has 0 unspecified atom stereocenters. The van der Waals surface area contributed by atoms with Gasteiger partial charge in [0.15, 0.2) is 0 Å². The van der Waals surface area contributed by atoms with Crippen molar-refractivity contribution in [3.8, 4) is 0 Å². The fraction of sp³-hybridized carbons (Fsp3) is 0.400. The Morgan fingerprint density at radius 1 is 1.55 bits per heavy atom. The molecule has 1 nitrogen and oxygen atoms in total. The molecule has 0 aromatic carbocycles. The summed E-state index contributed by atoms with van der Waals surface area (Å²) < 4.78 is 0. The van der Waals surface area contributed by atoms with Crippen molar-refractivity contribution in [1.29, 1.82) is 0 Å². The van der Waals surface area contributed by atoms with Gasteiger partial charge >= 0.3 is 0 Å². The van der Waals surface area contributed by atoms with E-state index in [0.717, 1.165) is 18.7 Å². The lowest BCUT2D eigenvalue weighted by Gasteiger charge is -1.99. The molecule has 11 heavy (non-hydrogen) atoms. The third kappa shape index (κ3) is 6.91. The van der Waals surface area contributed by atoms with E-state index in [2.05, 4.69) is 31.5 Å². The van der Waals surface area contributed by atoms with Crippen LogP contribution in [0.2, 0.25) is 0 Å². The molecule has 0 heterocycles. The van der Waals surface area contributed by atoms with Gasteiger partial charge < -0.3 is 5.32 Å². The van der Waals surface area contributed by atoms with Gasteiger partial charge in [0.1, 0.15) is 0 Å². The highest BCUT2D eigenvalue weighted by Crippen LogP contribution is 1.92. The average Bonchev–Trinajstić information content (AvgIpc) is 2.01. The summed E-state index contributed by atoms with van der Waals surface area (Å²) in [5.74, 6) is 0. The van der Waals surface area contributed by atoms with Crippen molar-refractivity contribution in [2.75, 3.05) is 6.54 Å². The maximum absolute atomic E-state index is 3.82. The molecule has 0 atom stereocenters. The molecule has 0 aromatic heterocycles. The molecule has 0 aromatic rings. The summed E-state index contributed by atoms with van der Waals surface area (Å²) >= 11 is 0. The van der Waals surface area contributed by atoms with E-state index in [9.17, 15) is 0 Å². The highest BCUT2D eigenvalue weighted by molar-refractivity contribution is 5.12. The van der Waals surface area contributed by atoms with Crippen LogP contribution < -0.4 is 5.32 Å². The molecule has 0 saturated carbocycles. The van der Waals surface area contributed by atoms with Gasteiger partial charge in [0.2, 0.25) is 0 Å². The number of allylic oxidation sites excluding steroid dienone is 2. The van der Waals surface area contributed by atoms with Crippen LogP contribution >= 0.6 is 0 Å². The number of unbranched alkanes of at least 4 members (excludes halogenated alkanes) is 1. The SMILES string of the molecule is C=CCNC(=C)/C=C/CCC. The Bertz CT molecular complexity index is 145. The Labute approximate surface area is 69.5 Å². The van der Waals surface area contributed by atoms with Crippen LogP contribution in [0, 0.1) is 0 Å². The highest BCUT2D eigenvalue weighted by Gasteiger charge is 1.81. The van der Waals surface area contributed by atoms with Gasteiger partial charge in [-0.15, -0.1) is 6.58 Å². The molecule has 0 radical (unpaired) electrons. The second kappa shape index (κ2) is 7.13. The van der Waals surface area contributed by atoms with Crippen molar-refractivity contribution in [3.05, 3.63) is 37.1 Å². The van der Waals surface area contributed by atoms with Gasteiger partial charge in [0.05, 0.1) is 0 Å². The zero-order valence-electron chi connectivity index (χ0n) is 7.27. The third-order valence-electron chi connectivity index (χ3n) is 1.25. The summed E-state index contributed by atoms with van der Waals surface area (Å²) in [7, 11) is 0. The molecule has 0 amide bonds. The van der Waals surface area contributed by atoms with E-state index in [-0.39, 0.29) is 0 Å². The minimum absolute atomic E-state index is 0.787. The molecule has 0 aliphatic carbocycles. The van der Waals surface area contributed by atoms with Gasteiger partial charge in [-0.25, -0.2) is 0 Å². The van der Waals surface area contributed by atoms with Crippen LogP contribution in [0.15, 0.2) is 37.1 Å². The van der Waals surface area contributed by atoms with E-state index >= 15 is 0 Å². The summed E-state index contributed by atoms with van der Waals surface area (Å²) in [4.78, 5) is 0. The first kappa shape index (κ1) is 10.0. The average molecular weight is 151 g/mol. The van der Waals surface area contributed by atoms with Gasteiger partial charge in [0.25, 0.3) is 0 Å². The molecule has 0 fully saturated rings. The maximum atomic E-state index is 3.82. The summed E-state index contributed by atoms with van der Waals surface area (Å²) in [5, 5.41) is 3.09. The van der Waals surface area contributed by atoms with Crippen molar-refractivity contribution < 1.29 is 0 Å². The number of hydrogen-bond acceptors (Lipinski definition) is 1. The lowest BCUT2D eigenvalue weighted by Crippen LogP contribution is -2.09. The van der Waals surface area contributed by atoms with E-state index in [4.69, 9.17) is 0 Å². The van der Waals surface area contributed by atoms with E-state index < -0.39 is 0 Å². The normalized spacial score (nSPS) is 9.91. The van der Waals surface area contributed by atoms with Crippen LogP contribution in [-0.4, -0.2) is 6.54 Å². The first-order chi connectivity index (χ1) is 5.31. The summed E-state index contributed by atoms with van der Waals surface area (Å²) in [6.45, 7) is 10.4. The van der Waals surface area contributed by atoms with Crippen LogP contribution in [0.3, 0.4) is 0 Å². The Morgan fingerprint density at radius 2 is 2.27 bits per heavy atom. The Balaban J connectivity index is 3.42. The second-order valence-electron chi connectivity index (χ2n) is 2.39. The van der Waals surface area contributed by atoms with Gasteiger partial charge in [-0.1, -0.05) is 32.1 Å². The van der Waals surface area contributed by atoms with Crippen LogP contribution in [-0.2, 0) is 0 Å². The van der Waals surface area contributed by atoms with Crippen molar-refractivity contribution in [2.24, 2.45) is 0 Å². The molecule has 62 valence electrons. The predicted octanol–water partition coefficient (Wildman–Crippen LogP) is 2.63. The van der Waals surface area contributed by atoms with Gasteiger partial charge in [-0.2, -0.15) is 0 Å². The molecule has 1 N–H and O–H groups in total. The first-order valence-corrected chi connectivity index (χ1v) is 4.01. The minimum atomic E-state index is 0.787. The maximum Gasteiger partial charge on any atom is 0.0327 e. The molecule has 0 saturated heterocycles. The Kier molecular flexibility index (Phi) is 6.50. The van der Waals surface area contributed by atoms with Crippen molar-refractivity contribution >= 4 is 0 Å². The first-order valence-electron chi connectivity index (χ1n) is 4.01. The van der Waals surface area contributed by atoms with Crippen molar-refractivity contribution in [2.45, 2.75) is 19.8 Å². The number of nitrogens with one attached hydrogen (secondary N) is 1. The van der Waals surface area contributed by atoms with E-state index in [0.29, 0.717) is 0 Å². The van der Waals surface area contributed by atoms with Crippen molar-refractivity contribution in [3.63, 3.8) is 0 Å². The van der Waals surface area contributed by atoms with E-state index in [1.54, 1.807) is 0 Å². The Hall–Kier alpha value is -0.980. The zero-order chi connectivity index (χ0) is 8.53. The molecule has 0 rings (SSSR count). The summed E-state index contributed by atoms with van der Waals surface area (Å²) in [5.41, 5.74) is 0.957. The highest BCUT2D eigenvalue weighted by atomic mass is 14.9. The lowest BCUT2D eigenvalue weighted by atomic mass is 10.3. The molecule has 0 aliphatic rings. The molecule has 0 spiro atoms. The number of rotatable bonds is 6. The van der Waals surface area contributed by atoms with Crippen LogP contribution in [0.4, 0.5) is 0 Å². The van der Waals surface area contributed by atoms with Crippen LogP contribution in [0.1, 0.15) is 19.8 Å². The fourth-order valence-corrected chi connectivity index (χ4v) is 0.654. The molecule has 1 heteroatoms. The summed E-state index contributed by atoms with van der Waals surface area (Å²) in [6, 6.07) is 0. The van der Waals surface area contributed by atoms with Gasteiger partial charge in [-0.05, 0) is 12.5 Å². The number of hydrogen-bond donors (Lipinski definition) is 1. The van der Waals surface area contributed by atoms with Crippen molar-refractivity contribution in [1.82, 2.24) is 5.32 Å². The monoisotopic (exact) mass is 151 g/mol. The van der Waals surface area contributed by atoms with Crippen LogP contribution in [0.5, 0.6) is 0 Å². The molecular weight excluding hydrogens is 134 g/mol. The lowest BCUT2D eigenvalue weighted by molar-refractivity contribution is 0.925. The molecule has 0 bridgehead atoms. The molecule has 0 aliphatic heterocycles. The largest absolute Gasteiger partial charge is 0.382 e. The third-order valence-corrected chi connectivity index (χ3v) is 1.25. The van der Waals surface area contributed by atoms with Gasteiger partial charge in [0, 0.05) is 12.2 Å². The minimum Gasteiger partial charge on any atom is -0.382 e. The standard InChI is InChI=1S/C10H17N/c1-4-6-7-8-10(3)11-9-5-2/h5,7-8,11H,2-4,6,9H2,1H3/b8-7+. The van der Waals surface area contributed by atoms with E-state index in [1.807, 2.05) is 12.2 Å². The quantitative estimate of drug-likeness (QED) is 0.454. The second-order valence-corrected chi connectivity index (χ2v) is 2.39. The van der Waals surface area contributed by atoms with Crippen LogP contribution in [0.25, 0.3) is 0 Å². The zero-order valence-corrected chi connectivity index (χ0v) is 7.27.